The molecule has 82 valence electrons. The fourth-order valence-electron chi connectivity index (χ4n) is 1.27. The van der Waals surface area contributed by atoms with Gasteiger partial charge in [-0.3, -0.25) is 4.79 Å². The van der Waals surface area contributed by atoms with Crippen molar-refractivity contribution in [1.29, 1.82) is 0 Å². The number of halogens is 1. The van der Waals surface area contributed by atoms with Crippen molar-refractivity contribution in [1.82, 2.24) is 5.32 Å². The van der Waals surface area contributed by atoms with E-state index in [0.29, 0.717) is 18.3 Å². The van der Waals surface area contributed by atoms with Crippen LogP contribution in [0.3, 0.4) is 0 Å². The predicted molar refractivity (Wildman–Crippen MR) is 66.1 cm³/mol. The van der Waals surface area contributed by atoms with Crippen LogP contribution in [-0.2, 0) is 17.8 Å². The second-order valence-corrected chi connectivity index (χ2v) is 4.18. The molecule has 0 fully saturated rings. The van der Waals surface area contributed by atoms with Crippen molar-refractivity contribution >= 4 is 21.8 Å². The summed E-state index contributed by atoms with van der Waals surface area (Å²) in [7, 11) is 0. The van der Waals surface area contributed by atoms with Gasteiger partial charge in [0.15, 0.2) is 0 Å². The van der Waals surface area contributed by atoms with Crippen LogP contribution < -0.4 is 5.32 Å². The van der Waals surface area contributed by atoms with Crippen LogP contribution >= 0.6 is 15.9 Å². The highest BCUT2D eigenvalue weighted by Gasteiger charge is 1.99. The number of aryl methyl sites for hydroxylation is 1. The lowest BCUT2D eigenvalue weighted by molar-refractivity contribution is -0.120. The van der Waals surface area contributed by atoms with E-state index in [4.69, 9.17) is 0 Å². The summed E-state index contributed by atoms with van der Waals surface area (Å²) in [5.74, 6) is 0.0893. The van der Waals surface area contributed by atoms with Gasteiger partial charge in [0.25, 0.3) is 0 Å². The van der Waals surface area contributed by atoms with Crippen LogP contribution in [0, 0.1) is 0 Å². The van der Waals surface area contributed by atoms with Crippen molar-refractivity contribution in [2.24, 2.45) is 0 Å². The molecule has 0 saturated carbocycles. The third kappa shape index (κ3) is 4.47. The Hall–Kier alpha value is -0.830. The monoisotopic (exact) mass is 269 g/mol. The van der Waals surface area contributed by atoms with Gasteiger partial charge >= 0.3 is 0 Å². The van der Waals surface area contributed by atoms with Gasteiger partial charge in [0, 0.05) is 18.3 Å². The summed E-state index contributed by atoms with van der Waals surface area (Å²) in [4.78, 5) is 11.2. The quantitative estimate of drug-likeness (QED) is 0.819. The largest absolute Gasteiger partial charge is 0.352 e. The highest BCUT2D eigenvalue weighted by atomic mass is 79.9. The topological polar surface area (TPSA) is 29.1 Å². The number of nitrogens with one attached hydrogen (secondary N) is 1. The number of hydrogen-bond donors (Lipinski definition) is 1. The Balaban J connectivity index is 2.40. The number of rotatable bonds is 5. The second kappa shape index (κ2) is 6.62. The molecule has 1 rings (SSSR count). The first kappa shape index (κ1) is 12.2. The van der Waals surface area contributed by atoms with Gasteiger partial charge in [-0.1, -0.05) is 47.1 Å². The maximum Gasteiger partial charge on any atom is 0.221 e. The molecule has 0 aliphatic heterocycles. The van der Waals surface area contributed by atoms with Gasteiger partial charge in [-0.2, -0.15) is 0 Å². The van der Waals surface area contributed by atoms with Crippen molar-refractivity contribution in [3.8, 4) is 0 Å². The van der Waals surface area contributed by atoms with Crippen LogP contribution in [0.25, 0.3) is 0 Å². The molecule has 1 amide bonds. The zero-order valence-electron chi connectivity index (χ0n) is 8.92. The van der Waals surface area contributed by atoms with E-state index in [1.807, 2.05) is 0 Å². The molecule has 0 aliphatic rings. The molecular formula is C12H16BrNO. The van der Waals surface area contributed by atoms with E-state index in [-0.39, 0.29) is 5.91 Å². The fourth-order valence-corrected chi connectivity index (χ4v) is 1.63. The number of carbonyl (C=O) groups is 1. The molecule has 0 aromatic heterocycles. The molecule has 0 spiro atoms. The summed E-state index contributed by atoms with van der Waals surface area (Å²) in [6.45, 7) is 2.75. The van der Waals surface area contributed by atoms with E-state index in [1.54, 1.807) is 0 Å². The van der Waals surface area contributed by atoms with Gasteiger partial charge < -0.3 is 5.32 Å². The van der Waals surface area contributed by atoms with Gasteiger partial charge in [0.2, 0.25) is 5.91 Å². The predicted octanol–water partition coefficient (Wildman–Crippen LogP) is 2.65. The van der Waals surface area contributed by atoms with Crippen LogP contribution in [-0.4, -0.2) is 11.2 Å². The van der Waals surface area contributed by atoms with Gasteiger partial charge in [0.1, 0.15) is 0 Å². The minimum Gasteiger partial charge on any atom is -0.352 e. The van der Waals surface area contributed by atoms with E-state index in [2.05, 4.69) is 52.4 Å². The van der Waals surface area contributed by atoms with Crippen LogP contribution in [0.4, 0.5) is 0 Å². The first-order chi connectivity index (χ1) is 7.26. The molecule has 3 heteroatoms. The van der Waals surface area contributed by atoms with Gasteiger partial charge in [-0.25, -0.2) is 0 Å². The molecular weight excluding hydrogens is 254 g/mol. The molecule has 1 aromatic carbocycles. The number of amides is 1. The third-order valence-electron chi connectivity index (χ3n) is 2.24. The van der Waals surface area contributed by atoms with Crippen LogP contribution in [0.1, 0.15) is 24.5 Å². The van der Waals surface area contributed by atoms with E-state index < -0.39 is 0 Å². The number of hydrogen-bond acceptors (Lipinski definition) is 1. The summed E-state index contributed by atoms with van der Waals surface area (Å²) < 4.78 is 0. The van der Waals surface area contributed by atoms with Crippen molar-refractivity contribution in [3.63, 3.8) is 0 Å². The summed E-state index contributed by atoms with van der Waals surface area (Å²) >= 11 is 3.23. The molecule has 1 N–H and O–H groups in total. The summed E-state index contributed by atoms with van der Waals surface area (Å²) in [5.41, 5.74) is 2.47. The zero-order valence-corrected chi connectivity index (χ0v) is 10.5. The van der Waals surface area contributed by atoms with Gasteiger partial charge in [0.05, 0.1) is 0 Å². The molecule has 2 nitrogen and oxygen atoms in total. The van der Waals surface area contributed by atoms with Crippen molar-refractivity contribution < 1.29 is 4.79 Å². The Bertz CT molecular complexity index is 308. The molecule has 0 saturated heterocycles. The summed E-state index contributed by atoms with van der Waals surface area (Å²) in [6, 6.07) is 8.33. The van der Waals surface area contributed by atoms with Gasteiger partial charge in [-0.05, 0) is 17.5 Å². The Kier molecular flexibility index (Phi) is 5.40. The Labute approximate surface area is 99.2 Å². The van der Waals surface area contributed by atoms with Crippen LogP contribution in [0.15, 0.2) is 24.3 Å². The van der Waals surface area contributed by atoms with Crippen LogP contribution in [0.5, 0.6) is 0 Å². The van der Waals surface area contributed by atoms with E-state index >= 15 is 0 Å². The molecule has 0 atom stereocenters. The Morgan fingerprint density at radius 1 is 1.27 bits per heavy atom. The van der Waals surface area contributed by atoms with Gasteiger partial charge in [-0.15, -0.1) is 0 Å². The summed E-state index contributed by atoms with van der Waals surface area (Å²) in [6.07, 6.45) is 1.59. The maximum absolute atomic E-state index is 11.2. The average molecular weight is 270 g/mol. The summed E-state index contributed by atoms with van der Waals surface area (Å²) in [5, 5.41) is 3.58. The number of alkyl halides is 1. The normalized spacial score (nSPS) is 10.0. The van der Waals surface area contributed by atoms with Crippen molar-refractivity contribution in [2.45, 2.75) is 26.3 Å². The average Bonchev–Trinajstić information content (AvgIpc) is 2.27. The SMILES string of the molecule is CCc1ccc(CNC(=O)CCBr)cc1. The number of benzene rings is 1. The third-order valence-corrected chi connectivity index (χ3v) is 2.64. The smallest absolute Gasteiger partial charge is 0.221 e. The lowest BCUT2D eigenvalue weighted by atomic mass is 10.1. The molecule has 0 radical (unpaired) electrons. The first-order valence-electron chi connectivity index (χ1n) is 5.16. The Morgan fingerprint density at radius 3 is 2.40 bits per heavy atom. The fraction of sp³-hybridized carbons (Fsp3) is 0.417. The lowest BCUT2D eigenvalue weighted by Gasteiger charge is -2.04. The highest BCUT2D eigenvalue weighted by Crippen LogP contribution is 2.04. The zero-order chi connectivity index (χ0) is 11.1. The van der Waals surface area contributed by atoms with Crippen LogP contribution in [0.2, 0.25) is 0 Å². The second-order valence-electron chi connectivity index (χ2n) is 3.39. The van der Waals surface area contributed by atoms with Crippen molar-refractivity contribution in [2.75, 3.05) is 5.33 Å². The van der Waals surface area contributed by atoms with E-state index in [0.717, 1.165) is 12.0 Å². The van der Waals surface area contributed by atoms with E-state index in [9.17, 15) is 4.79 Å². The molecule has 0 heterocycles. The molecule has 0 unspecified atom stereocenters. The molecule has 0 bridgehead atoms. The molecule has 15 heavy (non-hydrogen) atoms. The minimum absolute atomic E-state index is 0.0893. The Morgan fingerprint density at radius 2 is 1.87 bits per heavy atom. The van der Waals surface area contributed by atoms with E-state index in [1.165, 1.54) is 5.56 Å². The maximum atomic E-state index is 11.2. The van der Waals surface area contributed by atoms with Crippen molar-refractivity contribution in [3.05, 3.63) is 35.4 Å². The number of carbonyl (C=O) groups excluding carboxylic acids is 1. The highest BCUT2D eigenvalue weighted by molar-refractivity contribution is 9.09. The first-order valence-corrected chi connectivity index (χ1v) is 6.29. The molecule has 0 aliphatic carbocycles. The minimum atomic E-state index is 0.0893. The standard InChI is InChI=1S/C12H16BrNO/c1-2-10-3-5-11(6-4-10)9-14-12(15)7-8-13/h3-6H,2,7-9H2,1H3,(H,14,15). The lowest BCUT2D eigenvalue weighted by Crippen LogP contribution is -2.22. The molecule has 1 aromatic rings.